The van der Waals surface area contributed by atoms with Gasteiger partial charge in [0.2, 0.25) is 53.1 Å². The number of nitrogens with one attached hydrogen (secondary N) is 1. The molecule has 7 aliphatic heterocycles. The van der Waals surface area contributed by atoms with E-state index in [2.05, 4.69) is 66.5 Å². The zero-order chi connectivity index (χ0) is 70.4. The van der Waals surface area contributed by atoms with Crippen LogP contribution in [0.1, 0.15) is 87.6 Å². The Morgan fingerprint density at radius 3 is 1.97 bits per heavy atom. The summed E-state index contributed by atoms with van der Waals surface area (Å²) in [5, 5.41) is 153. The fraction of sp³-hybridized carbons (Fsp3) is 0.407. The number of aliphatic imine (C=N–C) groups is 12. The molecule has 1 fully saturated rings. The van der Waals surface area contributed by atoms with E-state index in [1.807, 2.05) is 0 Å². The van der Waals surface area contributed by atoms with Gasteiger partial charge in [-0.05, 0) is 59.6 Å². The number of thioether (sulfide) groups is 4. The van der Waals surface area contributed by atoms with Crippen LogP contribution in [-0.4, -0.2) is 261 Å². The van der Waals surface area contributed by atoms with Crippen LogP contribution in [-0.2, 0) is 9.59 Å². The number of aliphatic carboxylic acids is 1. The summed E-state index contributed by atoms with van der Waals surface area (Å²) < 4.78 is 0. The van der Waals surface area contributed by atoms with E-state index in [0.29, 0.717) is 66.1 Å². The van der Waals surface area contributed by atoms with Gasteiger partial charge in [-0.25, -0.2) is 69.7 Å². The van der Waals surface area contributed by atoms with E-state index in [1.54, 1.807) is 29.1 Å². The van der Waals surface area contributed by atoms with Gasteiger partial charge in [-0.15, -0.1) is 81.1 Å². The van der Waals surface area contributed by atoms with Crippen LogP contribution in [0.2, 0.25) is 0 Å². The van der Waals surface area contributed by atoms with Gasteiger partial charge in [-0.1, -0.05) is 18.7 Å². The number of thiazole rings is 3. The number of nitrogens with zero attached hydrogens (tertiary/aromatic N) is 17. The lowest BCUT2D eigenvalue weighted by molar-refractivity contribution is -0.137. The number of carboxylic acids is 1. The molecule has 0 aliphatic carbocycles. The Morgan fingerprint density at radius 1 is 0.704 bits per heavy atom. The smallest absolute Gasteiger partial charge is 0.329 e. The van der Waals surface area contributed by atoms with E-state index >= 15 is 0 Å². The van der Waals surface area contributed by atoms with Crippen LogP contribution in [0, 0.1) is 5.41 Å². The second-order valence-corrected chi connectivity index (χ2v) is 29.2. The molecule has 0 saturated carbocycles. The number of carbonyl (C=O) groups excluding carboxylic acids is 1. The first-order valence-electron chi connectivity index (χ1n) is 29.8. The van der Waals surface area contributed by atoms with E-state index in [0.717, 1.165) is 11.8 Å². The number of rotatable bonds is 4. The van der Waals surface area contributed by atoms with Gasteiger partial charge in [0.15, 0.2) is 22.9 Å². The van der Waals surface area contributed by atoms with Gasteiger partial charge in [-0.2, -0.15) is 0 Å². The van der Waals surface area contributed by atoms with Crippen LogP contribution < -0.4 is 0 Å². The molecule has 1 amide bonds. The Balaban J connectivity index is 1.13. The van der Waals surface area contributed by atoms with Crippen molar-refractivity contribution >= 4 is 173 Å². The fourth-order valence-corrected chi connectivity index (χ4v) is 16.6. The monoisotopic (exact) mass is 1470 g/mol. The molecule has 10 atom stereocenters. The maximum atomic E-state index is 14.3. The van der Waals surface area contributed by atoms with Gasteiger partial charge in [0, 0.05) is 45.7 Å². The summed E-state index contributed by atoms with van der Waals surface area (Å²) in [6, 6.07) is -7.18. The number of amides is 1. The third kappa shape index (κ3) is 16.5. The number of pyridine rings is 1. The zero-order valence-electron chi connectivity index (χ0n) is 52.5. The second kappa shape index (κ2) is 31.0. The molecule has 11 heterocycles. The predicted octanol–water partition coefficient (Wildman–Crippen LogP) is 8.48. The highest BCUT2D eigenvalue weighted by Gasteiger charge is 2.40. The number of aliphatic hydroxyl groups excluding tert-OH is 11. The molecule has 39 heteroatoms. The Labute approximate surface area is 586 Å². The number of carbonyl (C=O) groups is 2. The van der Waals surface area contributed by atoms with Gasteiger partial charge < -0.3 is 66.2 Å². The minimum absolute atomic E-state index is 0.0311. The summed E-state index contributed by atoms with van der Waals surface area (Å²) in [6.45, 7) is 10.1. The zero-order valence-corrected chi connectivity index (χ0v) is 58.2. The number of hydrogen-bond acceptors (Lipinski definition) is 27. The Bertz CT molecular complexity index is 4300. The molecule has 0 aromatic carbocycles. The molecule has 0 radical (unpaired) electrons. The minimum Gasteiger partial charge on any atom is -0.497 e. The van der Waals surface area contributed by atoms with E-state index in [9.17, 15) is 70.9 Å². The van der Waals surface area contributed by atoms with Gasteiger partial charge in [0.25, 0.3) is 5.91 Å². The van der Waals surface area contributed by atoms with Crippen LogP contribution >= 0.6 is 81.1 Å². The molecule has 516 valence electrons. The third-order valence-corrected chi connectivity index (χ3v) is 22.3. The normalized spacial score (nSPS) is 27.1. The molecule has 4 aromatic heterocycles. The van der Waals surface area contributed by atoms with Crippen LogP contribution in [0.25, 0.3) is 27.1 Å². The van der Waals surface area contributed by atoms with Crippen molar-refractivity contribution in [1.29, 1.82) is 5.41 Å². The molecule has 16 bridgehead atoms. The number of aliphatic hydroxyl groups is 11. The van der Waals surface area contributed by atoms with E-state index in [1.165, 1.54) is 108 Å². The lowest BCUT2D eigenvalue weighted by Gasteiger charge is -2.26. The molecule has 1 saturated heterocycles. The molecule has 0 spiro atoms. The van der Waals surface area contributed by atoms with Gasteiger partial charge >= 0.3 is 5.97 Å². The maximum Gasteiger partial charge on any atom is 0.329 e. The number of allylic oxidation sites excluding steroid dienone is 2. The summed E-state index contributed by atoms with van der Waals surface area (Å²) in [7, 11) is 0. The number of fused-ring (bicyclic) bond motifs is 6. The van der Waals surface area contributed by atoms with Crippen LogP contribution in [0.15, 0.2) is 118 Å². The van der Waals surface area contributed by atoms with Crippen LogP contribution in [0.4, 0.5) is 0 Å². The summed E-state index contributed by atoms with van der Waals surface area (Å²) >= 11 is 7.76. The first-order valence-corrected chi connectivity index (χ1v) is 36.4. The lowest BCUT2D eigenvalue weighted by Crippen LogP contribution is -2.41. The Morgan fingerprint density at radius 2 is 1.32 bits per heavy atom. The molecule has 13 N–H and O–H groups in total. The van der Waals surface area contributed by atoms with Crippen molar-refractivity contribution in [2.24, 2.45) is 59.9 Å². The van der Waals surface area contributed by atoms with E-state index < -0.39 is 149 Å². The number of carboxylic acid groups (broad SMARTS) is 1. The maximum absolute atomic E-state index is 14.3. The summed E-state index contributed by atoms with van der Waals surface area (Å²) in [4.78, 5) is 97.7. The summed E-state index contributed by atoms with van der Waals surface area (Å²) in [5.41, 5.74) is 1.02. The Kier molecular flexibility index (Phi) is 22.8. The average molecular weight is 1470 g/mol. The topological polar surface area (TPSA) is 504 Å². The molecule has 1 unspecified atom stereocenters. The van der Waals surface area contributed by atoms with E-state index in [-0.39, 0.29) is 63.8 Å². The minimum atomic E-state index is -2.33. The third-order valence-electron chi connectivity index (χ3n) is 15.1. The van der Waals surface area contributed by atoms with Gasteiger partial charge in [0.1, 0.15) is 90.3 Å². The quantitative estimate of drug-likeness (QED) is 0.0517. The van der Waals surface area contributed by atoms with Crippen LogP contribution in [0.3, 0.4) is 0 Å². The highest BCUT2D eigenvalue weighted by atomic mass is 32.2. The molecular formula is C59H64N18O14S7. The van der Waals surface area contributed by atoms with Crippen LogP contribution in [0.5, 0.6) is 0 Å². The highest BCUT2D eigenvalue weighted by molar-refractivity contribution is 8.15. The number of aromatic nitrogens is 4. The Hall–Kier alpha value is -8.73. The van der Waals surface area contributed by atoms with Crippen molar-refractivity contribution in [3.05, 3.63) is 86.1 Å². The lowest BCUT2D eigenvalue weighted by atomic mass is 10.1. The van der Waals surface area contributed by atoms with Crippen molar-refractivity contribution in [2.45, 2.75) is 113 Å². The molecule has 98 heavy (non-hydrogen) atoms. The summed E-state index contributed by atoms with van der Waals surface area (Å²) in [5.74, 6) is -10.3. The SMILES string of the molecule is C=C1N=C(O)C2CSC(=N2)c2csc(n2)-c2ccc3c(n2)[C@@H](C)N=C(O)[C@@H]2CCCN2C(=O)/C(=C/C)N=C(O)CN=C(O)[C@H]([C@@H](C)O)N=C(O)[C@@](C)(N=C(O)/C(=C/C)N=C(O)[C@@H]2CSC(=N2)[C@H](CC(=N)O)N=C3O)SC[C@@H](C(=O)O)N=C(O)[C@@H]2CSC(=N2)c2csc(n2)-c2csc1n2. The molecule has 11 rings (SSSR count). The largest absolute Gasteiger partial charge is 0.497 e. The van der Waals surface area contributed by atoms with Crippen molar-refractivity contribution in [3.8, 4) is 21.4 Å². The first kappa shape index (κ1) is 72.0. The highest BCUT2D eigenvalue weighted by Crippen LogP contribution is 2.37. The summed E-state index contributed by atoms with van der Waals surface area (Å²) in [6.07, 6.45) is 0.903. The second-order valence-electron chi connectivity index (χ2n) is 22.1. The average Bonchev–Trinajstić information content (AvgIpc) is 1.76. The standard InChI is InChI=1S/C59H64N18O14S7/c1-7-27-47(85)76-59(6)58(91)75-42(25(5)78)49(87)61-15-40(80)64-28(8-2)56(88)77-13-9-10-38(77)48(86)62-23(3)41-26(43(81)67-30(14-39(60)79)52-69-32(17-93-52)45(83)66-27)11-12-29(65-41)51-73-35(20-96-51)53-70-31(16-94-53)44(82)63-24(4)50-72-34(19-92-50)55-74-36(21-97-55)54-71-33(18-95-54)46(84)68-37(22-98-59)57(89)90/h7-8,11-12,19-21,23,25,30-33,37-38,42,78H,4,9-10,13-18,22H2,1-3,5-6H3,(H2,60,79)(H,61,87)(H,62,86)(H,63,82)(H,64,80)(H,66,83)(H,67,81)(H,68,84)(H,75,91)(H,76,85)(H,89,90)/b27-7-,28-8-/t23-,25-,30+,31?,32+,33+,37+,38+,42+,59+/m1/s1. The van der Waals surface area contributed by atoms with Crippen molar-refractivity contribution < 1.29 is 70.9 Å². The molecule has 4 aromatic rings. The van der Waals surface area contributed by atoms with Gasteiger partial charge in [-0.3, -0.25) is 25.2 Å². The van der Waals surface area contributed by atoms with Crippen molar-refractivity contribution in [3.63, 3.8) is 0 Å². The predicted molar refractivity (Wildman–Crippen MR) is 389 cm³/mol. The number of hydrogen-bond donors (Lipinski definition) is 13. The first-order chi connectivity index (χ1) is 46.7. The van der Waals surface area contributed by atoms with Gasteiger partial charge in [0.05, 0.1) is 46.3 Å². The van der Waals surface area contributed by atoms with Crippen molar-refractivity contribution in [1.82, 2.24) is 24.8 Å². The van der Waals surface area contributed by atoms with E-state index in [4.69, 9.17) is 25.4 Å². The van der Waals surface area contributed by atoms with Crippen molar-refractivity contribution in [2.75, 3.05) is 36.1 Å². The molecular weight excluding hydrogens is 1410 g/mol. The molecule has 32 nitrogen and oxygen atoms in total. The fourth-order valence-electron chi connectivity index (χ4n) is 9.99. The molecule has 7 aliphatic rings.